The number of anilines is 1. The smallest absolute Gasteiger partial charge is 0.0417 e. The highest BCUT2D eigenvalue weighted by Gasteiger charge is 2.20. The molecule has 0 fully saturated rings. The first-order chi connectivity index (χ1) is 8.36. The van der Waals surface area contributed by atoms with Crippen LogP contribution in [-0.4, -0.2) is 20.1 Å². The van der Waals surface area contributed by atoms with Crippen molar-refractivity contribution in [3.05, 3.63) is 42.0 Å². The molecule has 17 heavy (non-hydrogen) atoms. The molecule has 2 heteroatoms. The van der Waals surface area contributed by atoms with Gasteiger partial charge in [-0.1, -0.05) is 30.4 Å². The van der Waals surface area contributed by atoms with Crippen molar-refractivity contribution in [2.75, 3.05) is 25.0 Å². The molecule has 1 aliphatic heterocycles. The number of hydrogen-bond donors (Lipinski definition) is 1. The van der Waals surface area contributed by atoms with Crippen LogP contribution in [0.1, 0.15) is 31.4 Å². The lowest BCUT2D eigenvalue weighted by molar-refractivity contribution is 0.542. The van der Waals surface area contributed by atoms with Crippen LogP contribution in [0.2, 0.25) is 0 Å². The van der Waals surface area contributed by atoms with Crippen LogP contribution in [0.5, 0.6) is 0 Å². The Morgan fingerprint density at radius 1 is 1.41 bits per heavy atom. The number of hydrogen-bond acceptors (Lipinski definition) is 2. The molecule has 92 valence electrons. The van der Waals surface area contributed by atoms with E-state index in [2.05, 4.69) is 60.6 Å². The fourth-order valence-electron chi connectivity index (χ4n) is 2.55. The molecule has 0 aliphatic carbocycles. The molecule has 1 aromatic carbocycles. The summed E-state index contributed by atoms with van der Waals surface area (Å²) in [6.45, 7) is 4.25. The van der Waals surface area contributed by atoms with E-state index in [0.717, 1.165) is 13.1 Å². The van der Waals surface area contributed by atoms with Crippen LogP contribution in [0, 0.1) is 0 Å². The standard InChI is InChI=1S/C15H22N2/c1-3-4-11-17-12-7-9-14(16-2)13-8-5-6-10-15(13)17/h3-6,8,10,14,16H,7,9,11-12H2,1-2H3/b4-3+. The molecule has 0 bridgehead atoms. The van der Waals surface area contributed by atoms with Crippen molar-refractivity contribution in [1.29, 1.82) is 0 Å². The van der Waals surface area contributed by atoms with Gasteiger partial charge in [0.25, 0.3) is 0 Å². The summed E-state index contributed by atoms with van der Waals surface area (Å²) < 4.78 is 0. The highest BCUT2D eigenvalue weighted by molar-refractivity contribution is 5.56. The minimum absolute atomic E-state index is 0.502. The molecule has 0 saturated heterocycles. The van der Waals surface area contributed by atoms with Crippen LogP contribution in [0.3, 0.4) is 0 Å². The number of nitrogens with one attached hydrogen (secondary N) is 1. The quantitative estimate of drug-likeness (QED) is 0.803. The van der Waals surface area contributed by atoms with Crippen molar-refractivity contribution in [2.24, 2.45) is 0 Å². The summed E-state index contributed by atoms with van der Waals surface area (Å²) in [5, 5.41) is 3.43. The predicted molar refractivity (Wildman–Crippen MR) is 74.5 cm³/mol. The Labute approximate surface area is 104 Å². The van der Waals surface area contributed by atoms with Gasteiger partial charge >= 0.3 is 0 Å². The number of benzene rings is 1. The van der Waals surface area contributed by atoms with Crippen LogP contribution >= 0.6 is 0 Å². The second-order valence-corrected chi connectivity index (χ2v) is 4.56. The highest BCUT2D eigenvalue weighted by atomic mass is 15.1. The second-order valence-electron chi connectivity index (χ2n) is 4.56. The van der Waals surface area contributed by atoms with E-state index in [9.17, 15) is 0 Å². The van der Waals surface area contributed by atoms with E-state index in [1.165, 1.54) is 24.1 Å². The maximum absolute atomic E-state index is 3.43. The first kappa shape index (κ1) is 12.2. The average Bonchev–Trinajstić information content (AvgIpc) is 2.55. The van der Waals surface area contributed by atoms with Gasteiger partial charge in [0, 0.05) is 24.8 Å². The van der Waals surface area contributed by atoms with E-state index >= 15 is 0 Å². The van der Waals surface area contributed by atoms with Gasteiger partial charge in [0.1, 0.15) is 0 Å². The fourth-order valence-corrected chi connectivity index (χ4v) is 2.55. The van der Waals surface area contributed by atoms with Gasteiger partial charge in [-0.25, -0.2) is 0 Å². The van der Waals surface area contributed by atoms with Crippen LogP contribution in [-0.2, 0) is 0 Å². The molecule has 0 aromatic heterocycles. The Bertz CT molecular complexity index is 384. The number of para-hydroxylation sites is 1. The molecular formula is C15H22N2. The maximum atomic E-state index is 3.43. The Morgan fingerprint density at radius 2 is 2.24 bits per heavy atom. The number of nitrogens with zero attached hydrogens (tertiary/aromatic N) is 1. The van der Waals surface area contributed by atoms with E-state index in [-0.39, 0.29) is 0 Å². The molecular weight excluding hydrogens is 208 g/mol. The Hall–Kier alpha value is -1.28. The molecule has 2 rings (SSSR count). The third kappa shape index (κ3) is 2.70. The Kier molecular flexibility index (Phi) is 4.21. The average molecular weight is 230 g/mol. The van der Waals surface area contributed by atoms with Crippen LogP contribution in [0.15, 0.2) is 36.4 Å². The second kappa shape index (κ2) is 5.87. The van der Waals surface area contributed by atoms with Crippen molar-refractivity contribution >= 4 is 5.69 Å². The first-order valence-electron chi connectivity index (χ1n) is 6.49. The summed E-state index contributed by atoms with van der Waals surface area (Å²) in [5.41, 5.74) is 2.83. The largest absolute Gasteiger partial charge is 0.368 e. The molecule has 1 N–H and O–H groups in total. The maximum Gasteiger partial charge on any atom is 0.0417 e. The third-order valence-electron chi connectivity index (χ3n) is 3.48. The van der Waals surface area contributed by atoms with E-state index in [1.54, 1.807) is 0 Å². The summed E-state index contributed by atoms with van der Waals surface area (Å²) in [6, 6.07) is 9.28. The normalized spacial score (nSPS) is 20.4. The molecule has 0 spiro atoms. The minimum atomic E-state index is 0.502. The number of allylic oxidation sites excluding steroid dienone is 1. The monoisotopic (exact) mass is 230 g/mol. The summed E-state index contributed by atoms with van der Waals surface area (Å²) in [4.78, 5) is 2.48. The molecule has 1 aromatic rings. The van der Waals surface area contributed by atoms with E-state index in [1.807, 2.05) is 0 Å². The summed E-state index contributed by atoms with van der Waals surface area (Å²) in [6.07, 6.45) is 6.83. The van der Waals surface area contributed by atoms with Gasteiger partial charge in [0.05, 0.1) is 0 Å². The van der Waals surface area contributed by atoms with Crippen molar-refractivity contribution in [2.45, 2.75) is 25.8 Å². The molecule has 1 heterocycles. The van der Waals surface area contributed by atoms with Gasteiger partial charge in [-0.2, -0.15) is 0 Å². The third-order valence-corrected chi connectivity index (χ3v) is 3.48. The fraction of sp³-hybridized carbons (Fsp3) is 0.467. The van der Waals surface area contributed by atoms with Crippen molar-refractivity contribution < 1.29 is 0 Å². The van der Waals surface area contributed by atoms with Crippen LogP contribution in [0.25, 0.3) is 0 Å². The highest BCUT2D eigenvalue weighted by Crippen LogP contribution is 2.32. The van der Waals surface area contributed by atoms with Gasteiger partial charge in [0.2, 0.25) is 0 Å². The van der Waals surface area contributed by atoms with Gasteiger partial charge in [-0.05, 0) is 38.4 Å². The lowest BCUT2D eigenvalue weighted by Gasteiger charge is -2.24. The molecule has 1 atom stereocenters. The Morgan fingerprint density at radius 3 is 3.00 bits per heavy atom. The molecule has 2 nitrogen and oxygen atoms in total. The summed E-state index contributed by atoms with van der Waals surface area (Å²) >= 11 is 0. The molecule has 1 aliphatic rings. The molecule has 0 saturated carbocycles. The van der Waals surface area contributed by atoms with Crippen molar-refractivity contribution in [3.63, 3.8) is 0 Å². The zero-order valence-corrected chi connectivity index (χ0v) is 10.8. The topological polar surface area (TPSA) is 15.3 Å². The minimum Gasteiger partial charge on any atom is -0.368 e. The first-order valence-corrected chi connectivity index (χ1v) is 6.49. The molecule has 0 amide bonds. The number of rotatable bonds is 3. The van der Waals surface area contributed by atoms with E-state index in [0.29, 0.717) is 6.04 Å². The Balaban J connectivity index is 2.31. The van der Waals surface area contributed by atoms with E-state index < -0.39 is 0 Å². The SMILES string of the molecule is C/C=C/CN1CCCC(NC)c2ccccc21. The predicted octanol–water partition coefficient (Wildman–Crippen LogP) is 3.12. The van der Waals surface area contributed by atoms with Gasteiger partial charge in [-0.15, -0.1) is 0 Å². The van der Waals surface area contributed by atoms with Crippen molar-refractivity contribution in [3.8, 4) is 0 Å². The molecule has 1 unspecified atom stereocenters. The lowest BCUT2D eigenvalue weighted by atomic mass is 10.0. The van der Waals surface area contributed by atoms with Gasteiger partial charge < -0.3 is 10.2 Å². The zero-order chi connectivity index (χ0) is 12.1. The van der Waals surface area contributed by atoms with Crippen molar-refractivity contribution in [1.82, 2.24) is 5.32 Å². The van der Waals surface area contributed by atoms with Gasteiger partial charge in [0.15, 0.2) is 0 Å². The zero-order valence-electron chi connectivity index (χ0n) is 10.8. The van der Waals surface area contributed by atoms with Crippen LogP contribution < -0.4 is 10.2 Å². The summed E-state index contributed by atoms with van der Waals surface area (Å²) in [5.74, 6) is 0. The van der Waals surface area contributed by atoms with E-state index in [4.69, 9.17) is 0 Å². The summed E-state index contributed by atoms with van der Waals surface area (Å²) in [7, 11) is 2.06. The molecule has 0 radical (unpaired) electrons. The lowest BCUT2D eigenvalue weighted by Crippen LogP contribution is -2.24. The van der Waals surface area contributed by atoms with Gasteiger partial charge in [-0.3, -0.25) is 0 Å². The van der Waals surface area contributed by atoms with Crippen LogP contribution in [0.4, 0.5) is 5.69 Å². The number of fused-ring (bicyclic) bond motifs is 1.